The molecule has 0 aliphatic carbocycles. The second-order valence-electron chi connectivity index (χ2n) is 5.25. The van der Waals surface area contributed by atoms with E-state index in [9.17, 15) is 26.1 Å². The van der Waals surface area contributed by atoms with Crippen LogP contribution < -0.4 is 0 Å². The molecule has 2 aromatic carbocycles. The average Bonchev–Trinajstić information content (AvgIpc) is 2.48. The summed E-state index contributed by atoms with van der Waals surface area (Å²) in [5, 5.41) is 0. The number of hydrogen-bond donors (Lipinski definition) is 1. The van der Waals surface area contributed by atoms with Gasteiger partial charge in [0.1, 0.15) is 0 Å². The molecule has 3 nitrogen and oxygen atoms in total. The minimum atomic E-state index is -4.96. The first-order chi connectivity index (χ1) is 11.0. The topological polar surface area (TPSA) is 54.4 Å². The van der Waals surface area contributed by atoms with Crippen LogP contribution in [0.3, 0.4) is 0 Å². The normalized spacial score (nSPS) is 14.7. The third kappa shape index (κ3) is 3.03. The molecule has 0 aliphatic rings. The van der Waals surface area contributed by atoms with Crippen LogP contribution in [0.25, 0.3) is 0 Å². The summed E-state index contributed by atoms with van der Waals surface area (Å²) in [5.74, 6) is 1.98. The van der Waals surface area contributed by atoms with Crippen molar-refractivity contribution in [3.63, 3.8) is 0 Å². The molecule has 2 aromatic rings. The predicted molar refractivity (Wildman–Crippen MR) is 83.8 cm³/mol. The fourth-order valence-electron chi connectivity index (χ4n) is 2.41. The monoisotopic (exact) mass is 354 g/mol. The van der Waals surface area contributed by atoms with Crippen LogP contribution in [0.4, 0.5) is 13.2 Å². The van der Waals surface area contributed by atoms with Gasteiger partial charge in [0.2, 0.25) is 4.75 Å². The predicted octanol–water partition coefficient (Wildman–Crippen LogP) is 3.78. The molecule has 7 heteroatoms. The maximum absolute atomic E-state index is 12.9. The van der Waals surface area contributed by atoms with Crippen molar-refractivity contribution >= 4 is 10.1 Å². The third-order valence-electron chi connectivity index (χ3n) is 3.64. The van der Waals surface area contributed by atoms with Crippen molar-refractivity contribution in [3.8, 4) is 12.3 Å². The van der Waals surface area contributed by atoms with Gasteiger partial charge < -0.3 is 0 Å². The molecule has 0 radical (unpaired) electrons. The fraction of sp³-hybridized carbons (Fsp3) is 0.176. The van der Waals surface area contributed by atoms with E-state index < -0.39 is 26.6 Å². The molecule has 1 atom stereocenters. The first-order valence-electron chi connectivity index (χ1n) is 6.72. The molecule has 24 heavy (non-hydrogen) atoms. The van der Waals surface area contributed by atoms with Crippen molar-refractivity contribution in [2.45, 2.75) is 17.8 Å². The highest BCUT2D eigenvalue weighted by atomic mass is 32.2. The first-order valence-corrected chi connectivity index (χ1v) is 8.16. The quantitative estimate of drug-likeness (QED) is 0.674. The van der Waals surface area contributed by atoms with E-state index in [2.05, 4.69) is 0 Å². The second-order valence-corrected chi connectivity index (χ2v) is 6.81. The lowest BCUT2D eigenvalue weighted by Crippen LogP contribution is -2.35. The molecule has 0 fully saturated rings. The van der Waals surface area contributed by atoms with Crippen LogP contribution in [0, 0.1) is 19.3 Å². The van der Waals surface area contributed by atoms with Crippen molar-refractivity contribution in [1.29, 1.82) is 0 Å². The largest absolute Gasteiger partial charge is 0.416 e. The number of alkyl halides is 3. The van der Waals surface area contributed by atoms with Gasteiger partial charge >= 0.3 is 6.18 Å². The Kier molecular flexibility index (Phi) is 4.48. The molecular formula is C17H13F3O3S. The van der Waals surface area contributed by atoms with Crippen LogP contribution in [0.2, 0.25) is 0 Å². The van der Waals surface area contributed by atoms with Crippen LogP contribution in [0.15, 0.2) is 48.5 Å². The van der Waals surface area contributed by atoms with E-state index in [4.69, 9.17) is 6.42 Å². The summed E-state index contributed by atoms with van der Waals surface area (Å²) < 4.78 is 70.3. The number of halogens is 3. The Morgan fingerprint density at radius 1 is 1.00 bits per heavy atom. The molecule has 126 valence electrons. The molecular weight excluding hydrogens is 341 g/mol. The Balaban J connectivity index is 2.83. The summed E-state index contributed by atoms with van der Waals surface area (Å²) in [4.78, 5) is 0. The van der Waals surface area contributed by atoms with Crippen molar-refractivity contribution in [1.82, 2.24) is 0 Å². The van der Waals surface area contributed by atoms with Crippen molar-refractivity contribution in [2.75, 3.05) is 0 Å². The number of terminal acetylenes is 1. The van der Waals surface area contributed by atoms with Crippen molar-refractivity contribution < 1.29 is 26.1 Å². The van der Waals surface area contributed by atoms with E-state index in [1.54, 1.807) is 19.1 Å². The zero-order valence-electron chi connectivity index (χ0n) is 12.5. The number of benzene rings is 2. The molecule has 2 rings (SSSR count). The lowest BCUT2D eigenvalue weighted by atomic mass is 9.89. The molecule has 1 unspecified atom stereocenters. The minimum absolute atomic E-state index is 0.0163. The molecule has 1 N–H and O–H groups in total. The van der Waals surface area contributed by atoms with Gasteiger partial charge in [-0.25, -0.2) is 0 Å². The standard InChI is InChI=1S/C17H13F3O3S/c1-3-16(24(21,22)23,13-9-7-12(2)8-10-13)14-5-4-6-15(11-14)17(18,19)20/h1,4-11H,2H3,(H,21,22,23). The highest BCUT2D eigenvalue weighted by Gasteiger charge is 2.46. The number of rotatable bonds is 3. The van der Waals surface area contributed by atoms with Gasteiger partial charge in [-0.05, 0) is 30.2 Å². The van der Waals surface area contributed by atoms with E-state index in [0.717, 1.165) is 23.8 Å². The molecule has 0 bridgehead atoms. The van der Waals surface area contributed by atoms with Gasteiger partial charge in [-0.1, -0.05) is 47.9 Å². The van der Waals surface area contributed by atoms with Gasteiger partial charge in [0.05, 0.1) is 5.56 Å². The van der Waals surface area contributed by atoms with Crippen molar-refractivity contribution in [2.24, 2.45) is 0 Å². The minimum Gasteiger partial charge on any atom is -0.284 e. The summed E-state index contributed by atoms with van der Waals surface area (Å²) in [6, 6.07) is 9.45. The third-order valence-corrected chi connectivity index (χ3v) is 5.01. The van der Waals surface area contributed by atoms with Crippen LogP contribution in [-0.2, 0) is 21.0 Å². The molecule has 0 saturated heterocycles. The Morgan fingerprint density at radius 2 is 1.54 bits per heavy atom. The Bertz CT molecular complexity index is 894. The highest BCUT2D eigenvalue weighted by Crippen LogP contribution is 2.39. The SMILES string of the molecule is C#CC(c1ccc(C)cc1)(c1cccc(C(F)(F)F)c1)S(=O)(=O)O. The molecule has 0 aromatic heterocycles. The maximum Gasteiger partial charge on any atom is 0.416 e. The summed E-state index contributed by atoms with van der Waals surface area (Å²) in [5.41, 5.74) is -0.636. The lowest BCUT2D eigenvalue weighted by Gasteiger charge is -2.27. The molecule has 0 heterocycles. The summed E-state index contributed by atoms with van der Waals surface area (Å²) in [6.07, 6.45) is 0.707. The number of aryl methyl sites for hydroxylation is 1. The second kappa shape index (κ2) is 5.96. The number of hydrogen-bond acceptors (Lipinski definition) is 2. The van der Waals surface area contributed by atoms with Crippen LogP contribution in [-0.4, -0.2) is 13.0 Å². The van der Waals surface area contributed by atoms with Gasteiger partial charge in [0.15, 0.2) is 0 Å². The average molecular weight is 354 g/mol. The molecule has 0 saturated carbocycles. The summed E-state index contributed by atoms with van der Waals surface area (Å²) in [7, 11) is -4.96. The highest BCUT2D eigenvalue weighted by molar-refractivity contribution is 7.87. The molecule has 0 amide bonds. The van der Waals surface area contributed by atoms with E-state index in [-0.39, 0.29) is 11.1 Å². The van der Waals surface area contributed by atoms with Gasteiger partial charge in [-0.2, -0.15) is 21.6 Å². The van der Waals surface area contributed by atoms with Gasteiger partial charge in [-0.3, -0.25) is 4.55 Å². The zero-order chi connectivity index (χ0) is 18.2. The lowest BCUT2D eigenvalue weighted by molar-refractivity contribution is -0.137. The molecule has 0 spiro atoms. The van der Waals surface area contributed by atoms with E-state index in [1.807, 2.05) is 5.92 Å². The van der Waals surface area contributed by atoms with Crippen LogP contribution >= 0.6 is 0 Å². The maximum atomic E-state index is 12.9. The first kappa shape index (κ1) is 18.0. The Morgan fingerprint density at radius 3 is 2.00 bits per heavy atom. The smallest absolute Gasteiger partial charge is 0.284 e. The zero-order valence-corrected chi connectivity index (χ0v) is 13.3. The Labute approximate surface area is 137 Å². The van der Waals surface area contributed by atoms with E-state index in [1.165, 1.54) is 12.1 Å². The summed E-state index contributed by atoms with van der Waals surface area (Å²) in [6.45, 7) is 1.75. The van der Waals surface area contributed by atoms with Gasteiger partial charge in [-0.15, -0.1) is 6.42 Å². The van der Waals surface area contributed by atoms with E-state index >= 15 is 0 Å². The van der Waals surface area contributed by atoms with E-state index in [0.29, 0.717) is 6.07 Å². The van der Waals surface area contributed by atoms with Crippen LogP contribution in [0.1, 0.15) is 22.3 Å². The summed E-state index contributed by atoms with van der Waals surface area (Å²) >= 11 is 0. The Hall–Kier alpha value is -2.30. The fourth-order valence-corrected chi connectivity index (χ4v) is 3.42. The molecule has 0 aliphatic heterocycles. The van der Waals surface area contributed by atoms with Gasteiger partial charge in [0.25, 0.3) is 10.1 Å². The van der Waals surface area contributed by atoms with Crippen molar-refractivity contribution in [3.05, 3.63) is 70.8 Å². The van der Waals surface area contributed by atoms with Gasteiger partial charge in [0, 0.05) is 0 Å². The van der Waals surface area contributed by atoms with Crippen LogP contribution in [0.5, 0.6) is 0 Å².